The molecule has 3 heterocycles. The fraction of sp³-hybridized carbons (Fsp3) is 0.0377. The Bertz CT molecular complexity index is 3250. The minimum absolute atomic E-state index is 0.0230. The molecule has 10 aromatic rings. The predicted molar refractivity (Wildman–Crippen MR) is 237 cm³/mol. The molecular weight excluding hydrogens is 709 g/mol. The molecule has 0 saturated heterocycles. The third kappa shape index (κ3) is 5.14. The van der Waals surface area contributed by atoms with E-state index in [4.69, 9.17) is 19.4 Å². The monoisotopic (exact) mass is 742 g/mol. The number of anilines is 2. The Balaban J connectivity index is 1.08. The maximum absolute atomic E-state index is 6.64. The van der Waals surface area contributed by atoms with Gasteiger partial charge in [-0.3, -0.25) is 0 Å². The van der Waals surface area contributed by atoms with Crippen LogP contribution in [0.4, 0.5) is 11.6 Å². The molecule has 58 heavy (non-hydrogen) atoms. The van der Waals surface area contributed by atoms with Gasteiger partial charge in [-0.05, 0) is 74.1 Å². The van der Waals surface area contributed by atoms with Gasteiger partial charge in [-0.2, -0.15) is 9.97 Å². The number of aromatic nitrogens is 3. The summed E-state index contributed by atoms with van der Waals surface area (Å²) >= 11 is 0. The summed E-state index contributed by atoms with van der Waals surface area (Å²) < 4.78 is 6.64. The number of hydrogen-bond acceptors (Lipinski definition) is 5. The highest BCUT2D eigenvalue weighted by atomic mass is 16.3. The Hall–Kier alpha value is -7.63. The first kappa shape index (κ1) is 32.6. The number of benzene rings is 8. The molecule has 2 aromatic heterocycles. The van der Waals surface area contributed by atoms with E-state index in [2.05, 4.69) is 163 Å². The second-order valence-electron chi connectivity index (χ2n) is 15.1. The molecule has 0 amide bonds. The summed E-state index contributed by atoms with van der Waals surface area (Å²) in [5.74, 6) is 2.01. The SMILES string of the molecule is C1=CC2c3cccc(-c4cccc5oc6ccc(-c7cccc8cc9ccccc9cc78)cc6c45)c3N(c3nc(-c4ccccc4)nc(-c4ccccc4)n3)C2C=C1. The van der Waals surface area contributed by atoms with Crippen molar-refractivity contribution in [2.24, 2.45) is 0 Å². The molecule has 1 aliphatic heterocycles. The Kier molecular flexibility index (Phi) is 7.29. The number of fused-ring (bicyclic) bond motifs is 8. The smallest absolute Gasteiger partial charge is 0.234 e. The van der Waals surface area contributed by atoms with Crippen molar-refractivity contribution in [1.29, 1.82) is 0 Å². The van der Waals surface area contributed by atoms with E-state index in [0.717, 1.165) is 55.4 Å². The normalized spacial score (nSPS) is 15.8. The first-order valence-electron chi connectivity index (χ1n) is 19.8. The molecule has 2 aliphatic rings. The van der Waals surface area contributed by atoms with Gasteiger partial charge in [0.2, 0.25) is 5.95 Å². The van der Waals surface area contributed by atoms with E-state index >= 15 is 0 Å². The van der Waals surface area contributed by atoms with Gasteiger partial charge in [-0.15, -0.1) is 0 Å². The average molecular weight is 743 g/mol. The van der Waals surface area contributed by atoms with Crippen molar-refractivity contribution < 1.29 is 4.42 Å². The van der Waals surface area contributed by atoms with Crippen molar-refractivity contribution >= 4 is 55.1 Å². The fourth-order valence-electron chi connectivity index (χ4n) is 9.17. The number of allylic oxidation sites excluding steroid dienone is 2. The highest BCUT2D eigenvalue weighted by Crippen LogP contribution is 2.53. The highest BCUT2D eigenvalue weighted by molar-refractivity contribution is 6.15. The molecule has 1 aliphatic carbocycles. The second-order valence-corrected chi connectivity index (χ2v) is 15.1. The third-order valence-electron chi connectivity index (χ3n) is 11.8. The maximum Gasteiger partial charge on any atom is 0.234 e. The van der Waals surface area contributed by atoms with Crippen LogP contribution in [0.1, 0.15) is 11.5 Å². The summed E-state index contributed by atoms with van der Waals surface area (Å²) in [5, 5.41) is 7.10. The number of nitrogens with zero attached hydrogens (tertiary/aromatic N) is 4. The molecule has 12 rings (SSSR count). The average Bonchev–Trinajstić information content (AvgIpc) is 3.84. The van der Waals surface area contributed by atoms with Crippen molar-refractivity contribution in [2.45, 2.75) is 12.0 Å². The van der Waals surface area contributed by atoms with Gasteiger partial charge < -0.3 is 9.32 Å². The Morgan fingerprint density at radius 2 is 1.10 bits per heavy atom. The summed E-state index contributed by atoms with van der Waals surface area (Å²) in [6.45, 7) is 0. The van der Waals surface area contributed by atoms with Gasteiger partial charge in [-0.25, -0.2) is 4.98 Å². The second kappa shape index (κ2) is 13.0. The number of para-hydroxylation sites is 1. The van der Waals surface area contributed by atoms with E-state index in [1.807, 2.05) is 36.4 Å². The topological polar surface area (TPSA) is 55.1 Å². The molecule has 272 valence electrons. The Morgan fingerprint density at radius 1 is 0.448 bits per heavy atom. The van der Waals surface area contributed by atoms with Gasteiger partial charge in [-0.1, -0.05) is 164 Å². The molecule has 0 fully saturated rings. The zero-order valence-corrected chi connectivity index (χ0v) is 31.3. The maximum atomic E-state index is 6.64. The zero-order chi connectivity index (χ0) is 38.2. The van der Waals surface area contributed by atoms with E-state index < -0.39 is 0 Å². The molecule has 0 radical (unpaired) electrons. The predicted octanol–water partition coefficient (Wildman–Crippen LogP) is 13.5. The lowest BCUT2D eigenvalue weighted by Gasteiger charge is -2.28. The summed E-state index contributed by atoms with van der Waals surface area (Å²) in [5.41, 5.74) is 10.5. The van der Waals surface area contributed by atoms with Gasteiger partial charge in [0.05, 0.1) is 11.7 Å². The van der Waals surface area contributed by atoms with Crippen LogP contribution in [0.25, 0.3) is 88.5 Å². The molecule has 0 bridgehead atoms. The summed E-state index contributed by atoms with van der Waals surface area (Å²) in [6.07, 6.45) is 8.87. The molecule has 0 saturated carbocycles. The van der Waals surface area contributed by atoms with E-state index in [-0.39, 0.29) is 12.0 Å². The molecule has 2 unspecified atom stereocenters. The molecule has 8 aromatic carbocycles. The fourth-order valence-corrected chi connectivity index (χ4v) is 9.17. The van der Waals surface area contributed by atoms with Gasteiger partial charge in [0.25, 0.3) is 0 Å². The van der Waals surface area contributed by atoms with E-state index in [1.54, 1.807) is 0 Å². The molecule has 5 heteroatoms. The van der Waals surface area contributed by atoms with Crippen molar-refractivity contribution in [3.8, 4) is 45.0 Å². The molecular formula is C53H34N4O. The summed E-state index contributed by atoms with van der Waals surface area (Å²) in [7, 11) is 0. The molecule has 5 nitrogen and oxygen atoms in total. The van der Waals surface area contributed by atoms with Crippen LogP contribution < -0.4 is 4.90 Å². The molecule has 2 atom stereocenters. The number of rotatable bonds is 5. The Morgan fingerprint density at radius 3 is 1.90 bits per heavy atom. The van der Waals surface area contributed by atoms with Gasteiger partial charge in [0.15, 0.2) is 11.6 Å². The largest absolute Gasteiger partial charge is 0.456 e. The van der Waals surface area contributed by atoms with Gasteiger partial charge >= 0.3 is 0 Å². The van der Waals surface area contributed by atoms with Gasteiger partial charge in [0.1, 0.15) is 11.2 Å². The van der Waals surface area contributed by atoms with Crippen LogP contribution in [0.3, 0.4) is 0 Å². The van der Waals surface area contributed by atoms with Crippen molar-refractivity contribution in [3.63, 3.8) is 0 Å². The van der Waals surface area contributed by atoms with E-state index in [9.17, 15) is 0 Å². The molecule has 0 spiro atoms. The lowest BCUT2D eigenvalue weighted by Crippen LogP contribution is -2.30. The lowest BCUT2D eigenvalue weighted by molar-refractivity contribution is 0.669. The van der Waals surface area contributed by atoms with E-state index in [0.29, 0.717) is 17.6 Å². The zero-order valence-electron chi connectivity index (χ0n) is 31.3. The van der Waals surface area contributed by atoms with Crippen molar-refractivity contribution in [2.75, 3.05) is 4.90 Å². The number of hydrogen-bond donors (Lipinski definition) is 0. The van der Waals surface area contributed by atoms with Gasteiger partial charge in [0, 0.05) is 33.4 Å². The van der Waals surface area contributed by atoms with Crippen LogP contribution in [0.15, 0.2) is 199 Å². The van der Waals surface area contributed by atoms with Crippen LogP contribution in [0.2, 0.25) is 0 Å². The van der Waals surface area contributed by atoms with Crippen LogP contribution in [0.5, 0.6) is 0 Å². The van der Waals surface area contributed by atoms with Crippen molar-refractivity contribution in [3.05, 3.63) is 200 Å². The number of furan rings is 1. The minimum atomic E-state index is -0.0230. The summed E-state index contributed by atoms with van der Waals surface area (Å²) in [6, 6.07) is 59.9. The van der Waals surface area contributed by atoms with Crippen molar-refractivity contribution in [1.82, 2.24) is 15.0 Å². The third-order valence-corrected chi connectivity index (χ3v) is 11.8. The molecule has 0 N–H and O–H groups in total. The summed E-state index contributed by atoms with van der Waals surface area (Å²) in [4.78, 5) is 17.9. The first-order chi connectivity index (χ1) is 28.7. The minimum Gasteiger partial charge on any atom is -0.456 e. The van der Waals surface area contributed by atoms with Crippen LogP contribution in [0, 0.1) is 0 Å². The lowest BCUT2D eigenvalue weighted by atomic mass is 9.89. The van der Waals surface area contributed by atoms with Crippen LogP contribution in [-0.4, -0.2) is 21.0 Å². The Labute approximate surface area is 334 Å². The highest BCUT2D eigenvalue weighted by Gasteiger charge is 2.41. The van der Waals surface area contributed by atoms with E-state index in [1.165, 1.54) is 32.7 Å². The quantitative estimate of drug-likeness (QED) is 0.164. The van der Waals surface area contributed by atoms with Crippen LogP contribution in [-0.2, 0) is 0 Å². The standard InChI is InChI=1S/C53H34N4O/c1-3-14-33(15-4-1)51-54-52(34-16-5-2-6-17-34)56-53(55-51)57-46-26-10-9-21-40(46)42-24-12-25-43(50(42)57)41-23-13-27-48-49(41)45-32-38(28-29-47(45)58-48)39-22-11-20-37-30-35-18-7-8-19-36(35)31-44(37)39/h1-32,40,46H. The van der Waals surface area contributed by atoms with Crippen LogP contribution >= 0.6 is 0 Å². The first-order valence-corrected chi connectivity index (χ1v) is 19.8.